The molecule has 9 nitrogen and oxygen atoms in total. The van der Waals surface area contributed by atoms with Crippen molar-refractivity contribution in [3.05, 3.63) is 64.2 Å². The molecule has 1 fully saturated rings. The van der Waals surface area contributed by atoms with Crippen LogP contribution in [0, 0.1) is 10.1 Å². The molecule has 2 aromatic carbocycles. The summed E-state index contributed by atoms with van der Waals surface area (Å²) in [7, 11) is -3.83. The fourth-order valence-corrected chi connectivity index (χ4v) is 5.69. The summed E-state index contributed by atoms with van der Waals surface area (Å²) in [4.78, 5) is 15.4. The van der Waals surface area contributed by atoms with Crippen LogP contribution in [0.1, 0.15) is 19.4 Å². The summed E-state index contributed by atoms with van der Waals surface area (Å²) in [6.45, 7) is 10.2. The van der Waals surface area contributed by atoms with Gasteiger partial charge in [0.25, 0.3) is 5.69 Å². The molecule has 3 rings (SSSR count). The molecule has 1 heterocycles. The van der Waals surface area contributed by atoms with Gasteiger partial charge in [0.05, 0.1) is 10.6 Å². The van der Waals surface area contributed by atoms with Crippen molar-refractivity contribution < 1.29 is 13.3 Å². The van der Waals surface area contributed by atoms with Crippen molar-refractivity contribution in [3.8, 4) is 0 Å². The minimum atomic E-state index is -3.83. The predicted octanol–water partition coefficient (Wildman–Crippen LogP) is 2.86. The summed E-state index contributed by atoms with van der Waals surface area (Å²) in [6.07, 6.45) is 0. The number of rotatable bonds is 11. The Hall–Kier alpha value is -2.53. The fourth-order valence-electron chi connectivity index (χ4n) is 4.05. The number of hydrogen-bond donors (Lipinski definition) is 1. The molecule has 0 saturated carbocycles. The van der Waals surface area contributed by atoms with Crippen LogP contribution in [0.5, 0.6) is 0 Å². The van der Waals surface area contributed by atoms with E-state index < -0.39 is 14.9 Å². The molecule has 0 radical (unpaired) electrons. The Labute approximate surface area is 196 Å². The lowest BCUT2D eigenvalue weighted by molar-refractivity contribution is -0.385. The molecular weight excluding hydrogens is 442 g/mol. The number of benzene rings is 2. The molecule has 1 aliphatic heterocycles. The summed E-state index contributed by atoms with van der Waals surface area (Å²) in [6, 6.07) is 14.4. The third kappa shape index (κ3) is 6.50. The minimum Gasteiger partial charge on any atom is -0.383 e. The predicted molar refractivity (Wildman–Crippen MR) is 130 cm³/mol. The van der Waals surface area contributed by atoms with Crippen LogP contribution in [0.4, 0.5) is 11.4 Å². The lowest BCUT2D eigenvalue weighted by atomic mass is 10.2. The normalized spacial score (nSPS) is 15.6. The highest BCUT2D eigenvalue weighted by Crippen LogP contribution is 2.29. The molecular formula is C23H33N5O4S. The first kappa shape index (κ1) is 25.1. The highest BCUT2D eigenvalue weighted by molar-refractivity contribution is 7.89. The standard InChI is InChI=1S/C23H33N5O4S/c1-3-27(4-2)33(31,32)23-18-21(28(29)30)10-11-22(23)24-12-13-25-14-16-26(17-15-25)19-20-8-6-5-7-9-20/h5-11,18,24H,3-4,12-17,19H2,1-2H3. The Balaban J connectivity index is 1.59. The van der Waals surface area contributed by atoms with Gasteiger partial charge in [0.15, 0.2) is 0 Å². The monoisotopic (exact) mass is 475 g/mol. The van der Waals surface area contributed by atoms with Crippen LogP contribution in [0.25, 0.3) is 0 Å². The molecule has 0 unspecified atom stereocenters. The largest absolute Gasteiger partial charge is 0.383 e. The second kappa shape index (κ2) is 11.6. The zero-order valence-corrected chi connectivity index (χ0v) is 20.1. The number of nitrogens with one attached hydrogen (secondary N) is 1. The quantitative estimate of drug-likeness (QED) is 0.394. The molecule has 2 aromatic rings. The topological polar surface area (TPSA) is 99.0 Å². The smallest absolute Gasteiger partial charge is 0.270 e. The van der Waals surface area contributed by atoms with Gasteiger partial charge in [0, 0.05) is 71.0 Å². The Morgan fingerprint density at radius 2 is 1.64 bits per heavy atom. The van der Waals surface area contributed by atoms with Gasteiger partial charge in [-0.2, -0.15) is 4.31 Å². The van der Waals surface area contributed by atoms with E-state index in [-0.39, 0.29) is 10.6 Å². The van der Waals surface area contributed by atoms with Crippen LogP contribution in [-0.2, 0) is 16.6 Å². The third-order valence-electron chi connectivity index (χ3n) is 5.96. The van der Waals surface area contributed by atoms with Crippen LogP contribution < -0.4 is 5.32 Å². The van der Waals surface area contributed by atoms with Crippen LogP contribution in [0.15, 0.2) is 53.4 Å². The summed E-state index contributed by atoms with van der Waals surface area (Å²) in [5.41, 5.74) is 1.48. The van der Waals surface area contributed by atoms with E-state index in [0.29, 0.717) is 25.3 Å². The average Bonchev–Trinajstić information content (AvgIpc) is 2.81. The Bertz CT molecular complexity index is 1020. The van der Waals surface area contributed by atoms with Gasteiger partial charge in [-0.05, 0) is 11.6 Å². The van der Waals surface area contributed by atoms with Gasteiger partial charge < -0.3 is 5.32 Å². The van der Waals surface area contributed by atoms with Gasteiger partial charge in [0.1, 0.15) is 4.90 Å². The number of non-ortho nitro benzene ring substituents is 1. The molecule has 0 bridgehead atoms. The van der Waals surface area contributed by atoms with E-state index in [4.69, 9.17) is 0 Å². The van der Waals surface area contributed by atoms with E-state index in [1.165, 1.54) is 22.0 Å². The summed E-state index contributed by atoms with van der Waals surface area (Å²) in [5.74, 6) is 0. The zero-order valence-electron chi connectivity index (χ0n) is 19.3. The summed E-state index contributed by atoms with van der Waals surface area (Å²) < 4.78 is 27.5. The molecule has 1 aliphatic rings. The van der Waals surface area contributed by atoms with E-state index in [1.807, 2.05) is 6.07 Å². The first-order valence-electron chi connectivity index (χ1n) is 11.4. The van der Waals surface area contributed by atoms with E-state index in [1.54, 1.807) is 13.8 Å². The molecule has 33 heavy (non-hydrogen) atoms. The number of piperazine rings is 1. The molecule has 10 heteroatoms. The van der Waals surface area contributed by atoms with E-state index in [9.17, 15) is 18.5 Å². The van der Waals surface area contributed by atoms with Crippen molar-refractivity contribution in [1.29, 1.82) is 0 Å². The molecule has 0 aromatic heterocycles. The number of anilines is 1. The van der Waals surface area contributed by atoms with Gasteiger partial charge >= 0.3 is 0 Å². The highest BCUT2D eigenvalue weighted by Gasteiger charge is 2.27. The van der Waals surface area contributed by atoms with Crippen molar-refractivity contribution in [2.75, 3.05) is 57.7 Å². The zero-order chi connectivity index (χ0) is 23.8. The van der Waals surface area contributed by atoms with Crippen molar-refractivity contribution in [2.24, 2.45) is 0 Å². The first-order chi connectivity index (χ1) is 15.8. The van der Waals surface area contributed by atoms with Gasteiger partial charge in [-0.25, -0.2) is 8.42 Å². The van der Waals surface area contributed by atoms with E-state index in [0.717, 1.165) is 45.3 Å². The molecule has 0 aliphatic carbocycles. The van der Waals surface area contributed by atoms with Gasteiger partial charge in [-0.15, -0.1) is 0 Å². The number of sulfonamides is 1. The highest BCUT2D eigenvalue weighted by atomic mass is 32.2. The van der Waals surface area contributed by atoms with E-state index in [2.05, 4.69) is 39.4 Å². The number of hydrogen-bond acceptors (Lipinski definition) is 7. The van der Waals surface area contributed by atoms with Crippen LogP contribution >= 0.6 is 0 Å². The molecule has 0 amide bonds. The summed E-state index contributed by atoms with van der Waals surface area (Å²) in [5, 5.41) is 14.4. The van der Waals surface area contributed by atoms with Crippen LogP contribution in [0.3, 0.4) is 0 Å². The Morgan fingerprint density at radius 1 is 1.00 bits per heavy atom. The van der Waals surface area contributed by atoms with Crippen molar-refractivity contribution >= 4 is 21.4 Å². The molecule has 0 spiro atoms. The van der Waals surface area contributed by atoms with Crippen molar-refractivity contribution in [3.63, 3.8) is 0 Å². The van der Waals surface area contributed by atoms with Crippen molar-refractivity contribution in [1.82, 2.24) is 14.1 Å². The maximum absolute atomic E-state index is 13.1. The second-order valence-electron chi connectivity index (χ2n) is 8.06. The summed E-state index contributed by atoms with van der Waals surface area (Å²) >= 11 is 0. The molecule has 0 atom stereocenters. The lowest BCUT2D eigenvalue weighted by Crippen LogP contribution is -2.47. The van der Waals surface area contributed by atoms with Crippen molar-refractivity contribution in [2.45, 2.75) is 25.3 Å². The fraction of sp³-hybridized carbons (Fsp3) is 0.478. The van der Waals surface area contributed by atoms with Crippen LogP contribution in [0.2, 0.25) is 0 Å². The first-order valence-corrected chi connectivity index (χ1v) is 12.8. The van der Waals surface area contributed by atoms with Gasteiger partial charge in [-0.1, -0.05) is 44.2 Å². The lowest BCUT2D eigenvalue weighted by Gasteiger charge is -2.34. The molecule has 1 N–H and O–H groups in total. The molecule has 1 saturated heterocycles. The Kier molecular flexibility index (Phi) is 8.79. The van der Waals surface area contributed by atoms with Gasteiger partial charge in [-0.3, -0.25) is 19.9 Å². The van der Waals surface area contributed by atoms with E-state index >= 15 is 0 Å². The minimum absolute atomic E-state index is 0.0481. The SMILES string of the molecule is CCN(CC)S(=O)(=O)c1cc([N+](=O)[O-])ccc1NCCN1CCN(Cc2ccccc2)CC1. The van der Waals surface area contributed by atoms with Crippen LogP contribution in [-0.4, -0.2) is 79.8 Å². The number of nitro groups is 1. The third-order valence-corrected chi connectivity index (χ3v) is 8.05. The maximum atomic E-state index is 13.1. The number of nitro benzene ring substituents is 1. The second-order valence-corrected chi connectivity index (χ2v) is 9.96. The Morgan fingerprint density at radius 3 is 2.24 bits per heavy atom. The van der Waals surface area contributed by atoms with Gasteiger partial charge in [0.2, 0.25) is 10.0 Å². The molecule has 180 valence electrons. The average molecular weight is 476 g/mol. The maximum Gasteiger partial charge on any atom is 0.270 e. The number of nitrogens with zero attached hydrogens (tertiary/aromatic N) is 4.